The third-order valence-corrected chi connectivity index (χ3v) is 5.66. The molecule has 3 aromatic rings. The van der Waals surface area contributed by atoms with E-state index in [9.17, 15) is 4.79 Å². The summed E-state index contributed by atoms with van der Waals surface area (Å²) in [5.74, 6) is -0.284. The van der Waals surface area contributed by atoms with Crippen LogP contribution >= 0.6 is 34.7 Å². The van der Waals surface area contributed by atoms with E-state index in [1.165, 1.54) is 18.9 Å². The van der Waals surface area contributed by atoms with Gasteiger partial charge in [0.05, 0.1) is 17.3 Å². The third-order valence-electron chi connectivity index (χ3n) is 3.07. The lowest BCUT2D eigenvalue weighted by Crippen LogP contribution is -2.10. The summed E-state index contributed by atoms with van der Waals surface area (Å²) in [6.45, 7) is 0. The summed E-state index contributed by atoms with van der Waals surface area (Å²) < 4.78 is 6.79. The van der Waals surface area contributed by atoms with Crippen LogP contribution in [0, 0.1) is 0 Å². The summed E-state index contributed by atoms with van der Waals surface area (Å²) in [4.78, 5) is 16.6. The van der Waals surface area contributed by atoms with E-state index in [4.69, 9.17) is 16.3 Å². The van der Waals surface area contributed by atoms with Gasteiger partial charge in [-0.1, -0.05) is 53.7 Å². The summed E-state index contributed by atoms with van der Waals surface area (Å²) in [6.07, 6.45) is 0. The number of carbonyl (C=O) groups excluding carboxylic acids is 1. The molecule has 112 valence electrons. The summed E-state index contributed by atoms with van der Waals surface area (Å²) in [5.41, 5.74) is 1.74. The summed E-state index contributed by atoms with van der Waals surface area (Å²) in [7, 11) is 1.40. The molecular weight excluding hydrogens is 338 g/mol. The Bertz CT molecular complexity index is 804. The maximum Gasteiger partial charge on any atom is 0.323 e. The highest BCUT2D eigenvalue weighted by molar-refractivity contribution is 8.02. The first kappa shape index (κ1) is 15.3. The fraction of sp³-hybridized carbons (Fsp3) is 0.125. The molecule has 22 heavy (non-hydrogen) atoms. The summed E-state index contributed by atoms with van der Waals surface area (Å²) in [6, 6.07) is 15.2. The molecule has 0 saturated carbocycles. The van der Waals surface area contributed by atoms with Gasteiger partial charge in [0.15, 0.2) is 4.34 Å². The number of carbonyl (C=O) groups is 1. The topological polar surface area (TPSA) is 39.2 Å². The lowest BCUT2D eigenvalue weighted by atomic mass is 10.1. The molecule has 0 radical (unpaired) electrons. The SMILES string of the molecule is COC(=O)C(Sc1nc2cc(Cl)ccc2s1)c1ccccc1. The van der Waals surface area contributed by atoms with Gasteiger partial charge in [-0.15, -0.1) is 11.3 Å². The molecule has 3 rings (SSSR count). The van der Waals surface area contributed by atoms with Gasteiger partial charge in [0.25, 0.3) is 0 Å². The molecule has 6 heteroatoms. The highest BCUT2D eigenvalue weighted by atomic mass is 35.5. The van der Waals surface area contributed by atoms with Gasteiger partial charge in [-0.25, -0.2) is 4.98 Å². The predicted molar refractivity (Wildman–Crippen MR) is 91.7 cm³/mol. The molecule has 0 aliphatic heterocycles. The van der Waals surface area contributed by atoms with Gasteiger partial charge >= 0.3 is 5.97 Å². The van der Waals surface area contributed by atoms with E-state index in [1.807, 2.05) is 48.5 Å². The van der Waals surface area contributed by atoms with Crippen molar-refractivity contribution >= 4 is 50.9 Å². The number of thiazole rings is 1. The number of aromatic nitrogens is 1. The number of halogens is 1. The second-order valence-electron chi connectivity index (χ2n) is 4.52. The maximum atomic E-state index is 12.1. The fourth-order valence-electron chi connectivity index (χ4n) is 2.02. The van der Waals surface area contributed by atoms with Crippen LogP contribution in [-0.2, 0) is 9.53 Å². The molecule has 0 amide bonds. The number of rotatable bonds is 4. The van der Waals surface area contributed by atoms with Crippen molar-refractivity contribution in [1.29, 1.82) is 0 Å². The molecule has 2 aromatic carbocycles. The van der Waals surface area contributed by atoms with Crippen LogP contribution in [0.15, 0.2) is 52.9 Å². The van der Waals surface area contributed by atoms with Crippen LogP contribution < -0.4 is 0 Å². The van der Waals surface area contributed by atoms with E-state index in [0.717, 1.165) is 20.1 Å². The van der Waals surface area contributed by atoms with Gasteiger partial charge in [-0.2, -0.15) is 0 Å². The van der Waals surface area contributed by atoms with Crippen molar-refractivity contribution in [2.45, 2.75) is 9.59 Å². The number of hydrogen-bond acceptors (Lipinski definition) is 5. The Balaban J connectivity index is 1.93. The minimum Gasteiger partial charge on any atom is -0.468 e. The zero-order chi connectivity index (χ0) is 15.5. The molecule has 0 aliphatic carbocycles. The largest absolute Gasteiger partial charge is 0.468 e. The van der Waals surface area contributed by atoms with Gasteiger partial charge in [-0.05, 0) is 23.8 Å². The van der Waals surface area contributed by atoms with Crippen LogP contribution in [-0.4, -0.2) is 18.1 Å². The van der Waals surface area contributed by atoms with Crippen molar-refractivity contribution in [1.82, 2.24) is 4.98 Å². The van der Waals surface area contributed by atoms with Gasteiger partial charge in [-0.3, -0.25) is 4.79 Å². The van der Waals surface area contributed by atoms with E-state index in [1.54, 1.807) is 11.3 Å². The normalized spacial score (nSPS) is 12.3. The van der Waals surface area contributed by atoms with Crippen LogP contribution in [0.1, 0.15) is 10.8 Å². The van der Waals surface area contributed by atoms with Gasteiger partial charge in [0.1, 0.15) is 5.25 Å². The van der Waals surface area contributed by atoms with Crippen LogP contribution in [0.3, 0.4) is 0 Å². The van der Waals surface area contributed by atoms with E-state index >= 15 is 0 Å². The van der Waals surface area contributed by atoms with Crippen molar-refractivity contribution in [3.05, 3.63) is 59.1 Å². The molecule has 0 saturated heterocycles. The van der Waals surface area contributed by atoms with E-state index in [0.29, 0.717) is 5.02 Å². The Morgan fingerprint density at radius 1 is 1.27 bits per heavy atom. The number of methoxy groups -OCH3 is 1. The Morgan fingerprint density at radius 3 is 2.77 bits per heavy atom. The van der Waals surface area contributed by atoms with Crippen molar-refractivity contribution < 1.29 is 9.53 Å². The van der Waals surface area contributed by atoms with Crippen molar-refractivity contribution in [3.8, 4) is 0 Å². The first-order valence-electron chi connectivity index (χ1n) is 6.53. The highest BCUT2D eigenvalue weighted by Crippen LogP contribution is 2.40. The van der Waals surface area contributed by atoms with Crippen molar-refractivity contribution in [3.63, 3.8) is 0 Å². The molecule has 1 aromatic heterocycles. The van der Waals surface area contributed by atoms with E-state index in [2.05, 4.69) is 4.98 Å². The number of ether oxygens (including phenoxy) is 1. The zero-order valence-electron chi connectivity index (χ0n) is 11.7. The molecule has 0 fully saturated rings. The fourth-order valence-corrected chi connectivity index (χ4v) is 4.45. The molecule has 0 bridgehead atoms. The third kappa shape index (κ3) is 3.27. The predicted octanol–water partition coefficient (Wildman–Crippen LogP) is 4.96. The maximum absolute atomic E-state index is 12.1. The second kappa shape index (κ2) is 6.69. The standard InChI is InChI=1S/C16H12ClNO2S2/c1-20-15(19)14(10-5-3-2-4-6-10)22-16-18-12-9-11(17)7-8-13(12)21-16/h2-9,14H,1H3. The number of benzene rings is 2. The van der Waals surface area contributed by atoms with E-state index < -0.39 is 5.25 Å². The number of thioether (sulfide) groups is 1. The zero-order valence-corrected chi connectivity index (χ0v) is 14.0. The van der Waals surface area contributed by atoms with Crippen LogP contribution in [0.2, 0.25) is 5.02 Å². The van der Waals surface area contributed by atoms with Crippen LogP contribution in [0.25, 0.3) is 10.2 Å². The molecule has 0 aliphatic rings. The van der Waals surface area contributed by atoms with E-state index in [-0.39, 0.29) is 5.97 Å². The lowest BCUT2D eigenvalue weighted by molar-refractivity contribution is -0.140. The molecular formula is C16H12ClNO2S2. The number of hydrogen-bond donors (Lipinski definition) is 0. The van der Waals surface area contributed by atoms with Crippen molar-refractivity contribution in [2.75, 3.05) is 7.11 Å². The molecule has 1 unspecified atom stereocenters. The Morgan fingerprint density at radius 2 is 2.05 bits per heavy atom. The van der Waals surface area contributed by atoms with Gasteiger partial charge in [0, 0.05) is 5.02 Å². The smallest absolute Gasteiger partial charge is 0.323 e. The Labute approximate surface area is 141 Å². The molecule has 3 nitrogen and oxygen atoms in total. The quantitative estimate of drug-likeness (QED) is 0.493. The lowest BCUT2D eigenvalue weighted by Gasteiger charge is -2.12. The minimum atomic E-state index is -0.428. The first-order chi connectivity index (χ1) is 10.7. The van der Waals surface area contributed by atoms with Gasteiger partial charge < -0.3 is 4.74 Å². The Kier molecular flexibility index (Phi) is 4.66. The average molecular weight is 350 g/mol. The second-order valence-corrected chi connectivity index (χ2v) is 7.34. The first-order valence-corrected chi connectivity index (χ1v) is 8.60. The monoisotopic (exact) mass is 349 g/mol. The number of nitrogens with zero attached hydrogens (tertiary/aromatic N) is 1. The average Bonchev–Trinajstić information content (AvgIpc) is 2.94. The molecule has 1 atom stereocenters. The van der Waals surface area contributed by atoms with Gasteiger partial charge in [0.2, 0.25) is 0 Å². The molecule has 1 heterocycles. The Hall–Kier alpha value is -1.56. The number of esters is 1. The highest BCUT2D eigenvalue weighted by Gasteiger charge is 2.24. The molecule has 0 N–H and O–H groups in total. The minimum absolute atomic E-state index is 0.284. The van der Waals surface area contributed by atoms with Crippen LogP contribution in [0.4, 0.5) is 0 Å². The van der Waals surface area contributed by atoms with Crippen molar-refractivity contribution in [2.24, 2.45) is 0 Å². The number of fused-ring (bicyclic) bond motifs is 1. The molecule has 0 spiro atoms. The van der Waals surface area contributed by atoms with Crippen LogP contribution in [0.5, 0.6) is 0 Å². The summed E-state index contributed by atoms with van der Waals surface area (Å²) >= 11 is 8.92. The summed E-state index contributed by atoms with van der Waals surface area (Å²) in [5, 5.41) is 0.226.